The van der Waals surface area contributed by atoms with Crippen LogP contribution in [-0.4, -0.2) is 34.0 Å². The molecule has 0 aromatic heterocycles. The lowest BCUT2D eigenvalue weighted by Crippen LogP contribution is -2.59. The van der Waals surface area contributed by atoms with Gasteiger partial charge in [0.25, 0.3) is 0 Å². The third-order valence-corrected chi connectivity index (χ3v) is 3.84. The molecule has 1 rings (SSSR count). The number of hydrogen-bond acceptors (Lipinski definition) is 3. The highest BCUT2D eigenvalue weighted by molar-refractivity contribution is 4.93. The average molecular weight is 243 g/mol. The number of hydroxylamine groups is 2. The lowest BCUT2D eigenvalue weighted by atomic mass is 9.82. The Morgan fingerprint density at radius 1 is 1.12 bits per heavy atom. The lowest BCUT2D eigenvalue weighted by molar-refractivity contribution is -0.315. The highest BCUT2D eigenvalue weighted by atomic mass is 16.7. The zero-order valence-electron chi connectivity index (χ0n) is 12.3. The van der Waals surface area contributed by atoms with Gasteiger partial charge in [0.2, 0.25) is 0 Å². The van der Waals surface area contributed by atoms with E-state index in [4.69, 9.17) is 4.84 Å². The molecule has 1 saturated heterocycles. The monoisotopic (exact) mass is 243 g/mol. The predicted molar refractivity (Wildman–Crippen MR) is 70.6 cm³/mol. The molecule has 0 spiro atoms. The summed E-state index contributed by atoms with van der Waals surface area (Å²) in [6.45, 7) is 13.2. The molecule has 0 saturated carbocycles. The maximum Gasteiger partial charge on any atom is 0.105 e. The lowest BCUT2D eigenvalue weighted by Gasteiger charge is -2.52. The van der Waals surface area contributed by atoms with Crippen LogP contribution >= 0.6 is 0 Å². The molecule has 0 amide bonds. The second-order valence-corrected chi connectivity index (χ2v) is 6.84. The normalized spacial score (nSPS) is 26.1. The fourth-order valence-electron chi connectivity index (χ4n) is 2.76. The van der Waals surface area contributed by atoms with Crippen molar-refractivity contribution in [3.8, 4) is 0 Å². The molecule has 0 aliphatic carbocycles. The Hall–Kier alpha value is -0.120. The van der Waals surface area contributed by atoms with Crippen molar-refractivity contribution in [2.24, 2.45) is 5.92 Å². The summed E-state index contributed by atoms with van der Waals surface area (Å²) < 4.78 is 0. The van der Waals surface area contributed by atoms with E-state index < -0.39 is 0 Å². The molecule has 0 aromatic carbocycles. The Kier molecular flexibility index (Phi) is 4.61. The summed E-state index contributed by atoms with van der Waals surface area (Å²) in [5.41, 5.74) is 0.0914. The van der Waals surface area contributed by atoms with E-state index in [0.29, 0.717) is 5.92 Å². The molecular formula is C14H29NO2. The van der Waals surface area contributed by atoms with E-state index >= 15 is 0 Å². The van der Waals surface area contributed by atoms with E-state index in [9.17, 15) is 5.11 Å². The summed E-state index contributed by atoms with van der Waals surface area (Å²) in [5, 5.41) is 11.5. The molecule has 0 aromatic rings. The Bertz CT molecular complexity index is 233. The fourth-order valence-corrected chi connectivity index (χ4v) is 2.76. The number of piperidine rings is 1. The van der Waals surface area contributed by atoms with E-state index in [-0.39, 0.29) is 23.8 Å². The van der Waals surface area contributed by atoms with Gasteiger partial charge in [0.15, 0.2) is 0 Å². The molecule has 0 bridgehead atoms. The first-order valence-electron chi connectivity index (χ1n) is 6.79. The van der Waals surface area contributed by atoms with Gasteiger partial charge in [0, 0.05) is 11.1 Å². The van der Waals surface area contributed by atoms with Crippen molar-refractivity contribution in [2.45, 2.75) is 78.0 Å². The van der Waals surface area contributed by atoms with Gasteiger partial charge in [-0.05, 0) is 52.9 Å². The van der Waals surface area contributed by atoms with Crippen LogP contribution in [-0.2, 0) is 4.84 Å². The highest BCUT2D eigenvalue weighted by Gasteiger charge is 2.43. The van der Waals surface area contributed by atoms with Crippen molar-refractivity contribution >= 4 is 0 Å². The molecule has 1 heterocycles. The molecule has 1 aliphatic heterocycles. The van der Waals surface area contributed by atoms with E-state index in [2.05, 4.69) is 46.6 Å². The summed E-state index contributed by atoms with van der Waals surface area (Å²) in [5.74, 6) is 0.327. The average Bonchev–Trinajstić information content (AvgIpc) is 2.15. The summed E-state index contributed by atoms with van der Waals surface area (Å²) in [4.78, 5) is 6.12. The van der Waals surface area contributed by atoms with Crippen LogP contribution in [0.2, 0.25) is 0 Å². The molecule has 0 radical (unpaired) electrons. The molecule has 0 unspecified atom stereocenters. The second kappa shape index (κ2) is 5.25. The quantitative estimate of drug-likeness (QED) is 0.824. The minimum absolute atomic E-state index is 0.0457. The Morgan fingerprint density at radius 3 is 1.94 bits per heavy atom. The maximum absolute atomic E-state index is 9.42. The van der Waals surface area contributed by atoms with Crippen molar-refractivity contribution in [2.75, 3.05) is 6.61 Å². The molecule has 17 heavy (non-hydrogen) atoms. The van der Waals surface area contributed by atoms with Gasteiger partial charge >= 0.3 is 0 Å². The molecular weight excluding hydrogens is 214 g/mol. The van der Waals surface area contributed by atoms with E-state index in [0.717, 1.165) is 12.8 Å². The molecule has 3 nitrogen and oxygen atoms in total. The molecule has 1 fully saturated rings. The van der Waals surface area contributed by atoms with E-state index in [1.165, 1.54) is 6.42 Å². The second-order valence-electron chi connectivity index (χ2n) is 6.84. The topological polar surface area (TPSA) is 32.7 Å². The highest BCUT2D eigenvalue weighted by Crippen LogP contribution is 2.39. The van der Waals surface area contributed by atoms with Crippen LogP contribution in [0.4, 0.5) is 0 Å². The van der Waals surface area contributed by atoms with Crippen LogP contribution in [0.3, 0.4) is 0 Å². The summed E-state index contributed by atoms with van der Waals surface area (Å²) in [7, 11) is 0. The fraction of sp³-hybridized carbons (Fsp3) is 1.00. The summed E-state index contributed by atoms with van der Waals surface area (Å²) in [6.07, 6.45) is 3.43. The van der Waals surface area contributed by atoms with Crippen molar-refractivity contribution in [3.63, 3.8) is 0 Å². The van der Waals surface area contributed by atoms with Crippen LogP contribution in [0.5, 0.6) is 0 Å². The van der Waals surface area contributed by atoms with Crippen molar-refractivity contribution in [1.82, 2.24) is 5.06 Å². The largest absolute Gasteiger partial charge is 0.394 e. The molecule has 102 valence electrons. The zero-order valence-corrected chi connectivity index (χ0v) is 12.3. The van der Waals surface area contributed by atoms with Gasteiger partial charge in [0.1, 0.15) is 6.10 Å². The number of rotatable bonds is 4. The van der Waals surface area contributed by atoms with Crippen LogP contribution in [0.25, 0.3) is 0 Å². The molecule has 3 heteroatoms. The third-order valence-electron chi connectivity index (χ3n) is 3.84. The minimum Gasteiger partial charge on any atom is -0.394 e. The third kappa shape index (κ3) is 3.43. The smallest absolute Gasteiger partial charge is 0.105 e. The Balaban J connectivity index is 2.82. The van der Waals surface area contributed by atoms with Crippen LogP contribution in [0.1, 0.15) is 60.8 Å². The van der Waals surface area contributed by atoms with Gasteiger partial charge < -0.3 is 5.11 Å². The summed E-state index contributed by atoms with van der Waals surface area (Å²) in [6, 6.07) is 0. The van der Waals surface area contributed by atoms with Gasteiger partial charge in [-0.1, -0.05) is 13.8 Å². The van der Waals surface area contributed by atoms with Gasteiger partial charge in [0.05, 0.1) is 6.61 Å². The Labute approximate surface area is 106 Å². The van der Waals surface area contributed by atoms with Gasteiger partial charge in [-0.3, -0.25) is 4.84 Å². The number of aliphatic hydroxyl groups excluding tert-OH is 1. The Morgan fingerprint density at radius 2 is 1.59 bits per heavy atom. The van der Waals surface area contributed by atoms with Crippen molar-refractivity contribution < 1.29 is 9.94 Å². The molecule has 1 aliphatic rings. The first-order chi connectivity index (χ1) is 7.70. The standard InChI is InChI=1S/C14H29NO2/c1-11(2)12(10-16)17-15-13(3,4)8-7-9-14(15,5)6/h11-12,16H,7-10H2,1-6H3/t12-/m1/s1. The van der Waals surface area contributed by atoms with Gasteiger partial charge in [-0.2, -0.15) is 5.06 Å². The molecule has 1 N–H and O–H groups in total. The van der Waals surface area contributed by atoms with E-state index in [1.54, 1.807) is 0 Å². The SMILES string of the molecule is CC(C)[C@@H](CO)ON1C(C)(C)CCCC1(C)C. The van der Waals surface area contributed by atoms with E-state index in [1.807, 2.05) is 0 Å². The predicted octanol–water partition coefficient (Wildman–Crippen LogP) is 2.98. The van der Waals surface area contributed by atoms with Gasteiger partial charge in [-0.15, -0.1) is 0 Å². The van der Waals surface area contributed by atoms with Crippen LogP contribution in [0, 0.1) is 5.92 Å². The summed E-state index contributed by atoms with van der Waals surface area (Å²) >= 11 is 0. The minimum atomic E-state index is -0.105. The van der Waals surface area contributed by atoms with Crippen molar-refractivity contribution in [3.05, 3.63) is 0 Å². The number of aliphatic hydroxyl groups is 1. The zero-order chi connectivity index (χ0) is 13.3. The van der Waals surface area contributed by atoms with Crippen LogP contribution < -0.4 is 0 Å². The first kappa shape index (κ1) is 14.9. The first-order valence-corrected chi connectivity index (χ1v) is 6.79. The number of hydrogen-bond donors (Lipinski definition) is 1. The number of nitrogens with zero attached hydrogens (tertiary/aromatic N) is 1. The van der Waals surface area contributed by atoms with Crippen molar-refractivity contribution in [1.29, 1.82) is 0 Å². The maximum atomic E-state index is 9.42. The van der Waals surface area contributed by atoms with Crippen LogP contribution in [0.15, 0.2) is 0 Å². The molecule has 1 atom stereocenters. The van der Waals surface area contributed by atoms with Gasteiger partial charge in [-0.25, -0.2) is 0 Å².